The summed E-state index contributed by atoms with van der Waals surface area (Å²) in [5.74, 6) is -18.2. The molecule has 254 valence electrons. The van der Waals surface area contributed by atoms with Gasteiger partial charge in [0.1, 0.15) is 13.7 Å². The van der Waals surface area contributed by atoms with Crippen molar-refractivity contribution in [1.29, 1.82) is 0 Å². The first-order chi connectivity index (χ1) is 19.5. The minimum atomic E-state index is -6.38. The number of carbonyl (C=O) groups is 5. The zero-order valence-corrected chi connectivity index (χ0v) is 20.2. The van der Waals surface area contributed by atoms with E-state index in [4.69, 9.17) is 0 Å². The van der Waals surface area contributed by atoms with Crippen molar-refractivity contribution in [3.05, 3.63) is 0 Å². The van der Waals surface area contributed by atoms with Crippen LogP contribution in [0.15, 0.2) is 5.16 Å². The van der Waals surface area contributed by atoms with Gasteiger partial charge in [0.2, 0.25) is 0 Å². The van der Waals surface area contributed by atoms with Gasteiger partial charge in [-0.3, -0.25) is 0 Å². The van der Waals surface area contributed by atoms with Crippen molar-refractivity contribution in [3.8, 4) is 0 Å². The molecule has 0 N–H and O–H groups in total. The molecule has 27 heteroatoms. The Bertz CT molecular complexity index is 1080. The number of nitrogens with zero attached hydrogens (tertiary/aromatic N) is 1. The molecule has 0 saturated heterocycles. The van der Waals surface area contributed by atoms with E-state index in [0.29, 0.717) is 7.11 Å². The Labute approximate surface area is 229 Å². The Morgan fingerprint density at radius 1 is 0.545 bits per heavy atom. The molecule has 44 heavy (non-hydrogen) atoms. The molecule has 0 rings (SSSR count). The highest BCUT2D eigenvalue weighted by molar-refractivity contribution is 5.81. The highest BCUT2D eigenvalue weighted by atomic mass is 19.4. The van der Waals surface area contributed by atoms with E-state index in [9.17, 15) is 89.8 Å². The Balaban J connectivity index is 7.51. The molecule has 0 aromatic heterocycles. The van der Waals surface area contributed by atoms with Gasteiger partial charge in [-0.15, -0.1) is 0 Å². The largest absolute Gasteiger partial charge is 0.490 e. The second kappa shape index (κ2) is 14.5. The van der Waals surface area contributed by atoms with E-state index in [1.165, 1.54) is 0 Å². The van der Waals surface area contributed by atoms with Gasteiger partial charge in [-0.1, -0.05) is 5.16 Å². The molecule has 0 aromatic carbocycles. The van der Waals surface area contributed by atoms with Crippen LogP contribution < -0.4 is 0 Å². The maximum atomic E-state index is 12.9. The summed E-state index contributed by atoms with van der Waals surface area (Å²) in [7, 11) is 0.474. The second-order valence-electron chi connectivity index (χ2n) is 7.08. The lowest BCUT2D eigenvalue weighted by molar-refractivity contribution is -0.247. The summed E-state index contributed by atoms with van der Waals surface area (Å²) in [5.41, 5.74) is 0. The van der Waals surface area contributed by atoms with Crippen LogP contribution in [-0.4, -0.2) is 105 Å². The maximum absolute atomic E-state index is 12.9. The third-order valence-corrected chi connectivity index (χ3v) is 3.85. The normalized spacial score (nSPS) is 15.8. The number of ether oxygens (including phenoxy) is 5. The average Bonchev–Trinajstić information content (AvgIpc) is 2.82. The van der Waals surface area contributed by atoms with Gasteiger partial charge < -0.3 is 28.5 Å². The summed E-state index contributed by atoms with van der Waals surface area (Å²) in [5, 5.41) is 2.55. The van der Waals surface area contributed by atoms with Crippen LogP contribution in [0.2, 0.25) is 0 Å². The summed E-state index contributed by atoms with van der Waals surface area (Å²) < 4.78 is 209. The molecule has 0 aliphatic heterocycles. The van der Waals surface area contributed by atoms with Crippen molar-refractivity contribution >= 4 is 36.1 Å². The van der Waals surface area contributed by atoms with Crippen LogP contribution in [0.1, 0.15) is 0 Å². The number of esters is 5. The van der Waals surface area contributed by atoms with Crippen molar-refractivity contribution in [2.24, 2.45) is 5.16 Å². The van der Waals surface area contributed by atoms with Crippen LogP contribution in [0.3, 0.4) is 0 Å². The third-order valence-electron chi connectivity index (χ3n) is 3.85. The number of hydrogen-bond donors (Lipinski definition) is 0. The van der Waals surface area contributed by atoms with Crippen LogP contribution in [0.25, 0.3) is 0 Å². The van der Waals surface area contributed by atoms with E-state index in [2.05, 4.69) is 33.7 Å². The number of hydrogen-bond acceptors (Lipinski definition) is 12. The van der Waals surface area contributed by atoms with Gasteiger partial charge in [0, 0.05) is 0 Å². The maximum Gasteiger partial charge on any atom is 0.490 e. The fraction of sp³-hybridized carbons (Fsp3) is 0.647. The molecular weight excluding hydrogens is 679 g/mol. The SMILES string of the molecule is CO/N=C/C(OC(=O)C(F)(F)F)C(OC(=O)C(F)(F)F)C(OC(=O)C(F)(F)F)C(COC(=O)C(F)(F)F)OC(=O)C(F)(F)F. The molecule has 0 aromatic rings. The molecule has 0 aliphatic rings. The molecule has 0 aliphatic carbocycles. The minimum Gasteiger partial charge on any atom is -0.455 e. The van der Waals surface area contributed by atoms with Crippen LogP contribution in [0.5, 0.6) is 0 Å². The molecule has 0 saturated carbocycles. The number of oxime groups is 1. The zero-order valence-electron chi connectivity index (χ0n) is 20.2. The Morgan fingerprint density at radius 2 is 0.886 bits per heavy atom. The molecule has 4 unspecified atom stereocenters. The van der Waals surface area contributed by atoms with Gasteiger partial charge in [-0.25, -0.2) is 24.0 Å². The molecule has 12 nitrogen and oxygen atoms in total. The lowest BCUT2D eigenvalue weighted by Crippen LogP contribution is -2.56. The first-order valence-corrected chi connectivity index (χ1v) is 9.95. The standard InChI is InChI=1S/C17H10F15NO11/c1-39-33-2-4(41-9(35)14(21,22)23)6(43-11(37)16(27,28)29)7(44-12(38)17(30,31)32)5(42-10(36)15(24,25)26)3-40-8(34)13(18,19)20/h2,4-7H,3H2,1H3/b33-2+. The van der Waals surface area contributed by atoms with Gasteiger partial charge in [0.15, 0.2) is 24.4 Å². The Kier molecular flexibility index (Phi) is 13.1. The van der Waals surface area contributed by atoms with E-state index in [1.54, 1.807) is 0 Å². The molecule has 0 amide bonds. The predicted octanol–water partition coefficient (Wildman–Crippen LogP) is 2.62. The van der Waals surface area contributed by atoms with Crippen LogP contribution in [0, 0.1) is 0 Å². The number of carbonyl (C=O) groups excluding carboxylic acids is 5. The summed E-state index contributed by atoms with van der Waals surface area (Å²) in [6.07, 6.45) is -47.4. The Morgan fingerprint density at radius 3 is 1.25 bits per heavy atom. The highest BCUT2D eigenvalue weighted by Gasteiger charge is 2.55. The topological polar surface area (TPSA) is 153 Å². The van der Waals surface area contributed by atoms with Crippen molar-refractivity contribution in [3.63, 3.8) is 0 Å². The first-order valence-electron chi connectivity index (χ1n) is 9.95. The van der Waals surface area contributed by atoms with Crippen molar-refractivity contribution in [2.75, 3.05) is 13.7 Å². The van der Waals surface area contributed by atoms with Crippen LogP contribution in [0.4, 0.5) is 65.9 Å². The lowest BCUT2D eigenvalue weighted by atomic mass is 10.0. The van der Waals surface area contributed by atoms with Crippen molar-refractivity contribution < 1.29 is 118 Å². The predicted molar refractivity (Wildman–Crippen MR) is 96.3 cm³/mol. The van der Waals surface area contributed by atoms with Crippen LogP contribution in [-0.2, 0) is 52.5 Å². The molecule has 0 fully saturated rings. The zero-order chi connectivity index (χ0) is 35.1. The van der Waals surface area contributed by atoms with Crippen molar-refractivity contribution in [2.45, 2.75) is 55.3 Å². The van der Waals surface area contributed by atoms with Crippen LogP contribution >= 0.6 is 0 Å². The van der Waals surface area contributed by atoms with Gasteiger partial charge in [0.25, 0.3) is 0 Å². The number of halogens is 15. The second-order valence-corrected chi connectivity index (χ2v) is 7.08. The minimum absolute atomic E-state index is 0.474. The van der Waals surface area contributed by atoms with E-state index < -0.39 is 98.0 Å². The number of rotatable bonds is 11. The monoisotopic (exact) mass is 689 g/mol. The molecule has 0 bridgehead atoms. The van der Waals surface area contributed by atoms with Gasteiger partial charge in [0.05, 0.1) is 6.21 Å². The van der Waals surface area contributed by atoms with Gasteiger partial charge in [-0.05, 0) is 0 Å². The van der Waals surface area contributed by atoms with Gasteiger partial charge >= 0.3 is 60.7 Å². The van der Waals surface area contributed by atoms with E-state index in [-0.39, 0.29) is 0 Å². The lowest BCUT2D eigenvalue weighted by Gasteiger charge is -2.35. The molecule has 0 radical (unpaired) electrons. The summed E-state index contributed by atoms with van der Waals surface area (Å²) in [4.78, 5) is 60.4. The van der Waals surface area contributed by atoms with E-state index >= 15 is 0 Å². The van der Waals surface area contributed by atoms with E-state index in [0.717, 1.165) is 0 Å². The van der Waals surface area contributed by atoms with Gasteiger partial charge in [-0.2, -0.15) is 65.9 Å². The number of alkyl halides is 15. The fourth-order valence-electron chi connectivity index (χ4n) is 2.19. The highest BCUT2D eigenvalue weighted by Crippen LogP contribution is 2.29. The summed E-state index contributed by atoms with van der Waals surface area (Å²) in [6.45, 7) is -2.67. The quantitative estimate of drug-likeness (QED) is 0.104. The first kappa shape index (κ1) is 39.8. The smallest absolute Gasteiger partial charge is 0.455 e. The average molecular weight is 689 g/mol. The molecule has 0 spiro atoms. The third kappa shape index (κ3) is 13.0. The summed E-state index contributed by atoms with van der Waals surface area (Å²) in [6, 6.07) is 0. The fourth-order valence-corrected chi connectivity index (χ4v) is 2.19. The Hall–Kier alpha value is -4.23. The molecule has 4 atom stereocenters. The summed E-state index contributed by atoms with van der Waals surface area (Å²) >= 11 is 0. The molecular formula is C17H10F15NO11. The van der Waals surface area contributed by atoms with Crippen molar-refractivity contribution in [1.82, 2.24) is 0 Å². The van der Waals surface area contributed by atoms with E-state index in [1.807, 2.05) is 0 Å². The molecule has 0 heterocycles.